The van der Waals surface area contributed by atoms with Crippen molar-refractivity contribution in [2.45, 2.75) is 57.5 Å². The van der Waals surface area contributed by atoms with Crippen LogP contribution in [0.5, 0.6) is 0 Å². The van der Waals surface area contributed by atoms with Crippen LogP contribution in [-0.4, -0.2) is 43.8 Å². The molecule has 1 aliphatic heterocycles. The number of para-hydroxylation sites is 1. The molecule has 0 radical (unpaired) electrons. The molecule has 2 aromatic rings. The highest BCUT2D eigenvalue weighted by Crippen LogP contribution is 2.32. The summed E-state index contributed by atoms with van der Waals surface area (Å²) in [6, 6.07) is 19.4. The van der Waals surface area contributed by atoms with Gasteiger partial charge in [0.15, 0.2) is 0 Å². The van der Waals surface area contributed by atoms with E-state index in [2.05, 4.69) is 74.4 Å². The minimum atomic E-state index is 0. The van der Waals surface area contributed by atoms with Crippen molar-refractivity contribution in [2.24, 2.45) is 0 Å². The molecule has 1 fully saturated rings. The maximum Gasteiger partial charge on any atom is 0.0903 e. The van der Waals surface area contributed by atoms with Crippen molar-refractivity contribution in [2.75, 3.05) is 32.1 Å². The number of likely N-dealkylation sites (tertiary alicyclic amines) is 1. The van der Waals surface area contributed by atoms with Crippen LogP contribution in [0.25, 0.3) is 0 Å². The van der Waals surface area contributed by atoms with E-state index in [-0.39, 0.29) is 12.4 Å². The van der Waals surface area contributed by atoms with Crippen LogP contribution in [0.1, 0.15) is 42.4 Å². The van der Waals surface area contributed by atoms with E-state index in [1.165, 1.54) is 67.3 Å². The molecule has 2 aromatic carbocycles. The first-order valence-electron chi connectivity index (χ1n) is 10.8. The zero-order valence-corrected chi connectivity index (χ0v) is 18.5. The van der Waals surface area contributed by atoms with Crippen molar-refractivity contribution in [1.82, 2.24) is 0 Å². The van der Waals surface area contributed by atoms with Crippen LogP contribution >= 0.6 is 0 Å². The number of aryl methyl sites for hydroxylation is 1. The van der Waals surface area contributed by atoms with Crippen LogP contribution in [0.2, 0.25) is 0 Å². The largest absolute Gasteiger partial charge is 1.00 e. The minimum Gasteiger partial charge on any atom is -1.00 e. The monoisotopic (exact) mass is 398 g/mol. The first-order valence-corrected chi connectivity index (χ1v) is 10.8. The van der Waals surface area contributed by atoms with Crippen LogP contribution in [0.3, 0.4) is 0 Å². The number of quaternary nitrogens is 1. The highest BCUT2D eigenvalue weighted by Gasteiger charge is 2.33. The summed E-state index contributed by atoms with van der Waals surface area (Å²) in [5, 5.41) is 0. The van der Waals surface area contributed by atoms with Crippen molar-refractivity contribution in [1.29, 1.82) is 0 Å². The topological polar surface area (TPSA) is 3.24 Å². The summed E-state index contributed by atoms with van der Waals surface area (Å²) in [7, 11) is 4.88. The van der Waals surface area contributed by atoms with E-state index >= 15 is 0 Å². The fourth-order valence-electron chi connectivity index (χ4n) is 5.35. The number of anilines is 1. The lowest BCUT2D eigenvalue weighted by Crippen LogP contribution is -3.00. The Kier molecular flexibility index (Phi) is 6.73. The average molecular weight is 399 g/mol. The van der Waals surface area contributed by atoms with Crippen molar-refractivity contribution in [3.05, 3.63) is 65.2 Å². The second-order valence-corrected chi connectivity index (χ2v) is 9.25. The van der Waals surface area contributed by atoms with Crippen LogP contribution in [0, 0.1) is 6.92 Å². The number of benzene rings is 2. The number of hydrogen-bond acceptors (Lipinski definition) is 1. The molecule has 2 aliphatic rings. The quantitative estimate of drug-likeness (QED) is 0.696. The minimum absolute atomic E-state index is 0. The molecule has 0 bridgehead atoms. The summed E-state index contributed by atoms with van der Waals surface area (Å²) in [6.07, 6.45) is 7.86. The van der Waals surface area contributed by atoms with Gasteiger partial charge < -0.3 is 21.8 Å². The molecular weight excluding hydrogens is 364 g/mol. The Labute approximate surface area is 177 Å². The van der Waals surface area contributed by atoms with E-state index in [9.17, 15) is 0 Å². The first kappa shape index (κ1) is 21.2. The Bertz CT molecular complexity index is 761. The van der Waals surface area contributed by atoms with Crippen LogP contribution in [-0.2, 0) is 12.8 Å². The smallest absolute Gasteiger partial charge is 0.0903 e. The lowest BCUT2D eigenvalue weighted by atomic mass is 9.96. The molecule has 1 atom stereocenters. The van der Waals surface area contributed by atoms with Gasteiger partial charge in [0.25, 0.3) is 0 Å². The van der Waals surface area contributed by atoms with Gasteiger partial charge in [-0.2, -0.15) is 0 Å². The molecule has 3 heteroatoms. The number of nitrogens with zero attached hydrogens (tertiary/aromatic N) is 2. The molecule has 0 spiro atoms. The Morgan fingerprint density at radius 2 is 1.57 bits per heavy atom. The number of halogens is 1. The van der Waals surface area contributed by atoms with E-state index < -0.39 is 0 Å². The number of fused-ring (bicyclic) bond motifs is 1. The molecule has 28 heavy (non-hydrogen) atoms. The predicted molar refractivity (Wildman–Crippen MR) is 115 cm³/mol. The molecule has 1 saturated heterocycles. The van der Waals surface area contributed by atoms with Crippen molar-refractivity contribution < 1.29 is 16.9 Å². The Morgan fingerprint density at radius 1 is 0.929 bits per heavy atom. The van der Waals surface area contributed by atoms with Gasteiger partial charge in [-0.3, -0.25) is 0 Å². The summed E-state index contributed by atoms with van der Waals surface area (Å²) >= 11 is 0. The zero-order chi connectivity index (χ0) is 18.9. The van der Waals surface area contributed by atoms with Gasteiger partial charge in [-0.15, -0.1) is 0 Å². The van der Waals surface area contributed by atoms with Gasteiger partial charge >= 0.3 is 0 Å². The summed E-state index contributed by atoms with van der Waals surface area (Å²) in [5.74, 6) is 0. The van der Waals surface area contributed by atoms with E-state index in [4.69, 9.17) is 0 Å². The summed E-state index contributed by atoms with van der Waals surface area (Å²) in [6.45, 7) is 4.78. The zero-order valence-electron chi connectivity index (χ0n) is 17.7. The van der Waals surface area contributed by atoms with Gasteiger partial charge in [0.2, 0.25) is 0 Å². The van der Waals surface area contributed by atoms with E-state index in [0.29, 0.717) is 6.04 Å². The van der Waals surface area contributed by atoms with Gasteiger partial charge in [-0.05, 0) is 61.8 Å². The summed E-state index contributed by atoms with van der Waals surface area (Å²) in [5.41, 5.74) is 5.95. The highest BCUT2D eigenvalue weighted by atomic mass is 35.5. The third-order valence-corrected chi connectivity index (χ3v) is 7.11. The molecule has 0 N–H and O–H groups in total. The lowest BCUT2D eigenvalue weighted by Gasteiger charge is -2.43. The normalized spacial score (nSPS) is 21.0. The van der Waals surface area contributed by atoms with E-state index in [1.807, 2.05) is 0 Å². The summed E-state index contributed by atoms with van der Waals surface area (Å²) in [4.78, 5) is 2.74. The second-order valence-electron chi connectivity index (χ2n) is 9.25. The third kappa shape index (κ3) is 4.39. The third-order valence-electron chi connectivity index (χ3n) is 7.11. The fourth-order valence-corrected chi connectivity index (χ4v) is 5.35. The Hall–Kier alpha value is -1.51. The van der Waals surface area contributed by atoms with Gasteiger partial charge in [0.05, 0.1) is 26.7 Å². The molecule has 0 unspecified atom stereocenters. The van der Waals surface area contributed by atoms with Crippen molar-refractivity contribution >= 4 is 5.69 Å². The SMILES string of the molecule is Cc1ccccc1N(CC[C@H]1CCCC[N+]1(C)C)C1Cc2ccccc2C1.[Cl-]. The molecule has 1 aliphatic carbocycles. The van der Waals surface area contributed by atoms with Gasteiger partial charge in [-0.1, -0.05) is 42.5 Å². The Balaban J connectivity index is 0.00000225. The number of hydrogen-bond donors (Lipinski definition) is 0. The molecule has 152 valence electrons. The molecule has 4 rings (SSSR count). The predicted octanol–water partition coefficient (Wildman–Crippen LogP) is 1.99. The Morgan fingerprint density at radius 3 is 2.21 bits per heavy atom. The van der Waals surface area contributed by atoms with Crippen LogP contribution in [0.15, 0.2) is 48.5 Å². The molecule has 2 nitrogen and oxygen atoms in total. The first-order chi connectivity index (χ1) is 13.0. The van der Waals surface area contributed by atoms with Gasteiger partial charge in [0.1, 0.15) is 0 Å². The van der Waals surface area contributed by atoms with Crippen molar-refractivity contribution in [3.63, 3.8) is 0 Å². The van der Waals surface area contributed by atoms with Crippen LogP contribution in [0.4, 0.5) is 5.69 Å². The maximum atomic E-state index is 2.74. The van der Waals surface area contributed by atoms with Gasteiger partial charge in [-0.25, -0.2) is 0 Å². The molecule has 0 aromatic heterocycles. The van der Waals surface area contributed by atoms with Crippen molar-refractivity contribution in [3.8, 4) is 0 Å². The van der Waals surface area contributed by atoms with Crippen LogP contribution < -0.4 is 17.3 Å². The molecule has 1 heterocycles. The van der Waals surface area contributed by atoms with Gasteiger partial charge in [0, 0.05) is 24.7 Å². The summed E-state index contributed by atoms with van der Waals surface area (Å²) < 4.78 is 1.20. The highest BCUT2D eigenvalue weighted by molar-refractivity contribution is 5.55. The van der Waals surface area contributed by atoms with E-state index in [1.54, 1.807) is 11.1 Å². The molecular formula is C25H35ClN2. The number of piperidine rings is 1. The molecule has 0 saturated carbocycles. The lowest BCUT2D eigenvalue weighted by molar-refractivity contribution is -0.920. The second kappa shape index (κ2) is 8.88. The maximum absolute atomic E-state index is 2.74. The van der Waals surface area contributed by atoms with E-state index in [0.717, 1.165) is 6.04 Å². The fraction of sp³-hybridized carbons (Fsp3) is 0.520. The standard InChI is InChI=1S/C25H35N2.ClH/c1-20-10-4-7-14-25(20)26(16-15-24-13-8-9-17-27(24,2)3)23-18-21-11-5-6-12-22(21)19-23;/h4-7,10-12,14,23-24H,8-9,13,15-19H2,1-3H3;1H/q+1;/p-1/t24-;/m1./s1. The molecule has 0 amide bonds. The average Bonchev–Trinajstić information content (AvgIpc) is 3.08. The number of rotatable bonds is 5.